The van der Waals surface area contributed by atoms with Crippen molar-refractivity contribution in [2.45, 2.75) is 26.2 Å². The van der Waals surface area contributed by atoms with E-state index in [9.17, 15) is 9.59 Å². The van der Waals surface area contributed by atoms with Gasteiger partial charge in [-0.3, -0.25) is 10.2 Å². The average molecular weight is 260 g/mol. The summed E-state index contributed by atoms with van der Waals surface area (Å²) in [5.41, 5.74) is 2.36. The summed E-state index contributed by atoms with van der Waals surface area (Å²) >= 11 is 0. The molecule has 5 nitrogen and oxygen atoms in total. The molecule has 0 bridgehead atoms. The second-order valence-corrected chi connectivity index (χ2v) is 4.56. The topological polar surface area (TPSA) is 79.2 Å². The summed E-state index contributed by atoms with van der Waals surface area (Å²) in [5.74, 6) is -1.08. The Morgan fingerprint density at radius 2 is 2.26 bits per heavy atom. The third-order valence-electron chi connectivity index (χ3n) is 3.13. The van der Waals surface area contributed by atoms with Crippen molar-refractivity contribution in [3.63, 3.8) is 0 Å². The number of carbonyl (C=O) groups excluding carboxylic acids is 2. The average Bonchev–Trinajstić information content (AvgIpc) is 2.72. The minimum atomic E-state index is -0.584. The molecule has 1 atom stereocenters. The standard InChI is InChI=1S/C14H16N2O3/c1-3-12(17)16-11-5-4-8(2)6-9(11)10-7-19-14(18)13(10)15/h4-6,10,15H,3,7H2,1-2H3,(H,16,17). The van der Waals surface area contributed by atoms with E-state index in [1.165, 1.54) is 0 Å². The summed E-state index contributed by atoms with van der Waals surface area (Å²) in [4.78, 5) is 22.8. The van der Waals surface area contributed by atoms with Gasteiger partial charge in [0.1, 0.15) is 12.3 Å². The van der Waals surface area contributed by atoms with Gasteiger partial charge < -0.3 is 10.1 Å². The third kappa shape index (κ3) is 2.65. The Labute approximate surface area is 111 Å². The molecule has 1 amide bonds. The van der Waals surface area contributed by atoms with E-state index in [0.717, 1.165) is 11.1 Å². The molecule has 1 fully saturated rings. The van der Waals surface area contributed by atoms with Crippen LogP contribution in [0.25, 0.3) is 0 Å². The number of hydrogen-bond donors (Lipinski definition) is 2. The fraction of sp³-hybridized carbons (Fsp3) is 0.357. The number of amides is 1. The summed E-state index contributed by atoms with van der Waals surface area (Å²) in [6, 6.07) is 5.57. The molecule has 1 saturated heterocycles. The molecular weight excluding hydrogens is 244 g/mol. The Hall–Kier alpha value is -2.17. The van der Waals surface area contributed by atoms with Crippen molar-refractivity contribution in [2.75, 3.05) is 11.9 Å². The van der Waals surface area contributed by atoms with Crippen molar-refractivity contribution in [3.8, 4) is 0 Å². The molecule has 1 heterocycles. The van der Waals surface area contributed by atoms with Crippen molar-refractivity contribution < 1.29 is 14.3 Å². The molecule has 0 radical (unpaired) electrons. The lowest BCUT2D eigenvalue weighted by Crippen LogP contribution is -2.17. The van der Waals surface area contributed by atoms with Crippen LogP contribution in [0.4, 0.5) is 5.69 Å². The maximum absolute atomic E-state index is 11.5. The summed E-state index contributed by atoms with van der Waals surface area (Å²) < 4.78 is 4.88. The van der Waals surface area contributed by atoms with Gasteiger partial charge >= 0.3 is 5.97 Å². The van der Waals surface area contributed by atoms with Gasteiger partial charge in [0.05, 0.1) is 5.92 Å². The first kappa shape index (κ1) is 13.3. The number of ether oxygens (including phenoxy) is 1. The van der Waals surface area contributed by atoms with E-state index in [4.69, 9.17) is 10.1 Å². The lowest BCUT2D eigenvalue weighted by Gasteiger charge is -2.15. The van der Waals surface area contributed by atoms with Crippen LogP contribution in [-0.2, 0) is 14.3 Å². The van der Waals surface area contributed by atoms with Gasteiger partial charge in [0.25, 0.3) is 0 Å². The molecule has 0 aromatic heterocycles. The molecule has 1 unspecified atom stereocenters. The molecule has 0 spiro atoms. The Kier molecular flexibility index (Phi) is 3.64. The van der Waals surface area contributed by atoms with E-state index >= 15 is 0 Å². The molecule has 1 aromatic rings. The van der Waals surface area contributed by atoms with E-state index in [1.54, 1.807) is 13.0 Å². The van der Waals surface area contributed by atoms with Gasteiger partial charge in [-0.05, 0) is 18.6 Å². The predicted octanol–water partition coefficient (Wildman–Crippen LogP) is 2.00. The van der Waals surface area contributed by atoms with Gasteiger partial charge in [-0.2, -0.15) is 0 Å². The largest absolute Gasteiger partial charge is 0.460 e. The molecule has 100 valence electrons. The molecule has 1 aromatic carbocycles. The number of hydrogen-bond acceptors (Lipinski definition) is 4. The highest BCUT2D eigenvalue weighted by Crippen LogP contribution is 2.30. The highest BCUT2D eigenvalue weighted by Gasteiger charge is 2.33. The van der Waals surface area contributed by atoms with Crippen LogP contribution in [0.5, 0.6) is 0 Å². The number of carbonyl (C=O) groups is 2. The highest BCUT2D eigenvalue weighted by atomic mass is 16.5. The Morgan fingerprint density at radius 1 is 1.53 bits per heavy atom. The molecule has 2 rings (SSSR count). The first-order valence-electron chi connectivity index (χ1n) is 6.19. The lowest BCUT2D eigenvalue weighted by molar-refractivity contribution is -0.132. The zero-order valence-corrected chi connectivity index (χ0v) is 10.9. The van der Waals surface area contributed by atoms with Crippen molar-refractivity contribution in [1.82, 2.24) is 0 Å². The van der Waals surface area contributed by atoms with Gasteiger partial charge in [-0.1, -0.05) is 24.6 Å². The summed E-state index contributed by atoms with van der Waals surface area (Å²) in [6.07, 6.45) is 0.380. The molecule has 5 heteroatoms. The Balaban J connectivity index is 2.37. The van der Waals surface area contributed by atoms with Gasteiger partial charge in [0.2, 0.25) is 5.91 Å². The maximum Gasteiger partial charge on any atom is 0.352 e. The van der Waals surface area contributed by atoms with Crippen LogP contribution in [0.1, 0.15) is 30.4 Å². The van der Waals surface area contributed by atoms with Crippen LogP contribution in [0.2, 0.25) is 0 Å². The van der Waals surface area contributed by atoms with Crippen molar-refractivity contribution in [2.24, 2.45) is 0 Å². The quantitative estimate of drug-likeness (QED) is 0.816. The summed E-state index contributed by atoms with van der Waals surface area (Å²) in [5, 5.41) is 10.6. The number of esters is 1. The van der Waals surface area contributed by atoms with Crippen LogP contribution in [0, 0.1) is 12.3 Å². The second-order valence-electron chi connectivity index (χ2n) is 4.56. The molecule has 1 aliphatic heterocycles. The van der Waals surface area contributed by atoms with E-state index in [0.29, 0.717) is 12.1 Å². The monoisotopic (exact) mass is 260 g/mol. The number of aryl methyl sites for hydroxylation is 1. The number of rotatable bonds is 3. The number of cyclic esters (lactones) is 1. The fourth-order valence-corrected chi connectivity index (χ4v) is 2.03. The second kappa shape index (κ2) is 5.22. The molecule has 2 N–H and O–H groups in total. The minimum absolute atomic E-state index is 0.0578. The Bertz CT molecular complexity index is 552. The maximum atomic E-state index is 11.5. The first-order valence-corrected chi connectivity index (χ1v) is 6.19. The van der Waals surface area contributed by atoms with E-state index in [1.807, 2.05) is 19.1 Å². The van der Waals surface area contributed by atoms with E-state index < -0.39 is 11.9 Å². The number of nitrogens with one attached hydrogen (secondary N) is 2. The van der Waals surface area contributed by atoms with Gasteiger partial charge in [0.15, 0.2) is 0 Å². The smallest absolute Gasteiger partial charge is 0.352 e. The fourth-order valence-electron chi connectivity index (χ4n) is 2.03. The van der Waals surface area contributed by atoms with Crippen molar-refractivity contribution in [1.29, 1.82) is 5.41 Å². The van der Waals surface area contributed by atoms with Gasteiger partial charge in [0, 0.05) is 12.1 Å². The SMILES string of the molecule is CCC(=O)Nc1ccc(C)cc1C1COC(=O)C1=N. The van der Waals surface area contributed by atoms with Crippen LogP contribution >= 0.6 is 0 Å². The van der Waals surface area contributed by atoms with E-state index in [2.05, 4.69) is 5.32 Å². The van der Waals surface area contributed by atoms with Crippen LogP contribution in [-0.4, -0.2) is 24.2 Å². The van der Waals surface area contributed by atoms with Crippen molar-refractivity contribution >= 4 is 23.3 Å². The van der Waals surface area contributed by atoms with Crippen LogP contribution < -0.4 is 5.32 Å². The number of anilines is 1. The highest BCUT2D eigenvalue weighted by molar-refractivity contribution is 6.39. The summed E-state index contributed by atoms with van der Waals surface area (Å²) in [7, 11) is 0. The molecule has 0 aliphatic carbocycles. The zero-order valence-electron chi connectivity index (χ0n) is 10.9. The summed E-state index contributed by atoms with van der Waals surface area (Å²) in [6.45, 7) is 3.86. The third-order valence-corrected chi connectivity index (χ3v) is 3.13. The number of benzene rings is 1. The molecule has 1 aliphatic rings. The van der Waals surface area contributed by atoms with Crippen LogP contribution in [0.3, 0.4) is 0 Å². The lowest BCUT2D eigenvalue weighted by atomic mass is 9.93. The predicted molar refractivity (Wildman–Crippen MR) is 71.5 cm³/mol. The molecule has 0 saturated carbocycles. The van der Waals surface area contributed by atoms with Crippen LogP contribution in [0.15, 0.2) is 18.2 Å². The minimum Gasteiger partial charge on any atom is -0.460 e. The van der Waals surface area contributed by atoms with Crippen molar-refractivity contribution in [3.05, 3.63) is 29.3 Å². The van der Waals surface area contributed by atoms with Gasteiger partial charge in [-0.15, -0.1) is 0 Å². The zero-order chi connectivity index (χ0) is 14.0. The molecule has 19 heavy (non-hydrogen) atoms. The molecular formula is C14H16N2O3. The normalized spacial score (nSPS) is 18.3. The van der Waals surface area contributed by atoms with E-state index in [-0.39, 0.29) is 18.2 Å². The Morgan fingerprint density at radius 3 is 2.84 bits per heavy atom. The van der Waals surface area contributed by atoms with Gasteiger partial charge in [-0.25, -0.2) is 4.79 Å². The first-order chi connectivity index (χ1) is 9.02.